The first kappa shape index (κ1) is 13.5. The number of methoxy groups -OCH3 is 1. The van der Waals surface area contributed by atoms with Crippen LogP contribution in [0.25, 0.3) is 0 Å². The SMILES string of the molecule is COc1ccc(N[C@@H](C)CCc2ccccc2)cc1. The van der Waals surface area contributed by atoms with Crippen molar-refractivity contribution in [3.05, 3.63) is 60.2 Å². The van der Waals surface area contributed by atoms with E-state index >= 15 is 0 Å². The third kappa shape index (κ3) is 4.32. The standard InChI is InChI=1S/C17H21NO/c1-14(8-9-15-6-4-3-5-7-15)18-16-10-12-17(19-2)13-11-16/h3-7,10-14,18H,8-9H2,1-2H3/t14-/m0/s1. The van der Waals surface area contributed by atoms with Crippen molar-refractivity contribution in [3.8, 4) is 5.75 Å². The van der Waals surface area contributed by atoms with Crippen molar-refractivity contribution in [2.75, 3.05) is 12.4 Å². The molecule has 0 unspecified atom stereocenters. The van der Waals surface area contributed by atoms with Crippen molar-refractivity contribution in [3.63, 3.8) is 0 Å². The van der Waals surface area contributed by atoms with Crippen molar-refractivity contribution in [2.45, 2.75) is 25.8 Å². The first-order valence-electron chi connectivity index (χ1n) is 6.72. The smallest absolute Gasteiger partial charge is 0.119 e. The Morgan fingerprint density at radius 2 is 1.68 bits per heavy atom. The minimum Gasteiger partial charge on any atom is -0.497 e. The molecule has 0 spiro atoms. The van der Waals surface area contributed by atoms with Crippen LogP contribution in [0.4, 0.5) is 5.69 Å². The lowest BCUT2D eigenvalue weighted by atomic mass is 10.1. The van der Waals surface area contributed by atoms with Crippen LogP contribution in [0.5, 0.6) is 5.75 Å². The average Bonchev–Trinajstić information content (AvgIpc) is 2.47. The molecule has 0 aliphatic heterocycles. The highest BCUT2D eigenvalue weighted by Crippen LogP contribution is 2.17. The molecule has 2 aromatic carbocycles. The summed E-state index contributed by atoms with van der Waals surface area (Å²) < 4.78 is 5.15. The molecule has 0 radical (unpaired) electrons. The first-order valence-corrected chi connectivity index (χ1v) is 6.72. The number of rotatable bonds is 6. The Hall–Kier alpha value is -1.96. The molecule has 2 aromatic rings. The van der Waals surface area contributed by atoms with Gasteiger partial charge in [-0.25, -0.2) is 0 Å². The van der Waals surface area contributed by atoms with E-state index in [9.17, 15) is 0 Å². The fraction of sp³-hybridized carbons (Fsp3) is 0.294. The molecule has 0 aliphatic carbocycles. The molecule has 0 heterocycles. The molecule has 100 valence electrons. The lowest BCUT2D eigenvalue weighted by Crippen LogP contribution is -2.15. The summed E-state index contributed by atoms with van der Waals surface area (Å²) in [6, 6.07) is 19.1. The number of nitrogens with one attached hydrogen (secondary N) is 1. The molecule has 0 saturated heterocycles. The highest BCUT2D eigenvalue weighted by molar-refractivity contribution is 5.46. The molecule has 1 N–H and O–H groups in total. The van der Waals surface area contributed by atoms with E-state index in [1.54, 1.807) is 7.11 Å². The molecule has 0 bridgehead atoms. The van der Waals surface area contributed by atoms with Crippen LogP contribution in [-0.4, -0.2) is 13.2 Å². The topological polar surface area (TPSA) is 21.3 Å². The van der Waals surface area contributed by atoms with E-state index in [4.69, 9.17) is 4.74 Å². The van der Waals surface area contributed by atoms with Crippen molar-refractivity contribution in [2.24, 2.45) is 0 Å². The van der Waals surface area contributed by atoms with Crippen LogP contribution in [0.2, 0.25) is 0 Å². The van der Waals surface area contributed by atoms with Crippen LogP contribution < -0.4 is 10.1 Å². The fourth-order valence-corrected chi connectivity index (χ4v) is 2.07. The molecular formula is C17H21NO. The van der Waals surface area contributed by atoms with Crippen molar-refractivity contribution >= 4 is 5.69 Å². The number of aryl methyl sites for hydroxylation is 1. The number of hydrogen-bond acceptors (Lipinski definition) is 2. The van der Waals surface area contributed by atoms with Gasteiger partial charge in [0.15, 0.2) is 0 Å². The maximum Gasteiger partial charge on any atom is 0.119 e. The van der Waals surface area contributed by atoms with E-state index in [-0.39, 0.29) is 0 Å². The summed E-state index contributed by atoms with van der Waals surface area (Å²) in [5.41, 5.74) is 2.53. The van der Waals surface area contributed by atoms with Crippen molar-refractivity contribution in [1.82, 2.24) is 0 Å². The van der Waals surface area contributed by atoms with Gasteiger partial charge in [-0.3, -0.25) is 0 Å². The largest absolute Gasteiger partial charge is 0.497 e. The Kier molecular flexibility index (Phi) is 4.85. The highest BCUT2D eigenvalue weighted by Gasteiger charge is 2.03. The molecule has 19 heavy (non-hydrogen) atoms. The van der Waals surface area contributed by atoms with Gasteiger partial charge >= 0.3 is 0 Å². The number of ether oxygens (including phenoxy) is 1. The van der Waals surface area contributed by atoms with Gasteiger partial charge in [0.1, 0.15) is 5.75 Å². The van der Waals surface area contributed by atoms with Gasteiger partial charge in [0.2, 0.25) is 0 Å². The second-order valence-electron chi connectivity index (χ2n) is 4.80. The maximum absolute atomic E-state index is 5.15. The Labute approximate surface area is 115 Å². The van der Waals surface area contributed by atoms with Gasteiger partial charge in [0.25, 0.3) is 0 Å². The lowest BCUT2D eigenvalue weighted by molar-refractivity contribution is 0.415. The monoisotopic (exact) mass is 255 g/mol. The Morgan fingerprint density at radius 3 is 2.32 bits per heavy atom. The summed E-state index contributed by atoms with van der Waals surface area (Å²) in [5, 5.41) is 3.51. The third-order valence-electron chi connectivity index (χ3n) is 3.21. The van der Waals surface area contributed by atoms with Gasteiger partial charge in [-0.05, 0) is 49.6 Å². The quantitative estimate of drug-likeness (QED) is 0.838. The summed E-state index contributed by atoms with van der Waals surface area (Å²) in [4.78, 5) is 0. The van der Waals surface area contributed by atoms with Crippen LogP contribution in [-0.2, 0) is 6.42 Å². The molecule has 2 rings (SSSR count). The molecule has 0 fully saturated rings. The average molecular weight is 255 g/mol. The summed E-state index contributed by atoms with van der Waals surface area (Å²) >= 11 is 0. The van der Waals surface area contributed by atoms with Gasteiger partial charge in [-0.1, -0.05) is 30.3 Å². The molecule has 1 atom stereocenters. The van der Waals surface area contributed by atoms with E-state index in [0.717, 1.165) is 24.3 Å². The Morgan fingerprint density at radius 1 is 1.00 bits per heavy atom. The van der Waals surface area contributed by atoms with Crippen LogP contribution >= 0.6 is 0 Å². The van der Waals surface area contributed by atoms with Crippen LogP contribution in [0, 0.1) is 0 Å². The van der Waals surface area contributed by atoms with E-state index in [1.165, 1.54) is 5.56 Å². The van der Waals surface area contributed by atoms with Gasteiger partial charge in [0.05, 0.1) is 7.11 Å². The van der Waals surface area contributed by atoms with E-state index < -0.39 is 0 Å². The normalized spacial score (nSPS) is 11.9. The number of anilines is 1. The Balaban J connectivity index is 1.82. The van der Waals surface area contributed by atoms with E-state index in [0.29, 0.717) is 6.04 Å². The molecule has 2 heteroatoms. The second kappa shape index (κ2) is 6.83. The molecular weight excluding hydrogens is 234 g/mol. The zero-order valence-electron chi connectivity index (χ0n) is 11.6. The van der Waals surface area contributed by atoms with Crippen molar-refractivity contribution < 1.29 is 4.74 Å². The minimum atomic E-state index is 0.452. The second-order valence-corrected chi connectivity index (χ2v) is 4.80. The van der Waals surface area contributed by atoms with Crippen LogP contribution in [0.1, 0.15) is 18.9 Å². The summed E-state index contributed by atoms with van der Waals surface area (Å²) in [7, 11) is 1.69. The van der Waals surface area contributed by atoms with Crippen molar-refractivity contribution in [1.29, 1.82) is 0 Å². The van der Waals surface area contributed by atoms with Gasteiger partial charge in [-0.2, -0.15) is 0 Å². The summed E-state index contributed by atoms with van der Waals surface area (Å²) in [5.74, 6) is 0.891. The van der Waals surface area contributed by atoms with Gasteiger partial charge in [-0.15, -0.1) is 0 Å². The summed E-state index contributed by atoms with van der Waals surface area (Å²) in [6.07, 6.45) is 2.22. The molecule has 0 amide bonds. The molecule has 2 nitrogen and oxygen atoms in total. The zero-order valence-corrected chi connectivity index (χ0v) is 11.6. The third-order valence-corrected chi connectivity index (χ3v) is 3.21. The van der Waals surface area contributed by atoms with Gasteiger partial charge < -0.3 is 10.1 Å². The Bertz CT molecular complexity index is 478. The van der Waals surface area contributed by atoms with E-state index in [1.807, 2.05) is 12.1 Å². The number of hydrogen-bond donors (Lipinski definition) is 1. The fourth-order valence-electron chi connectivity index (χ4n) is 2.07. The van der Waals surface area contributed by atoms with E-state index in [2.05, 4.69) is 54.7 Å². The highest BCUT2D eigenvalue weighted by atomic mass is 16.5. The summed E-state index contributed by atoms with van der Waals surface area (Å²) in [6.45, 7) is 2.22. The van der Waals surface area contributed by atoms with Crippen LogP contribution in [0.3, 0.4) is 0 Å². The minimum absolute atomic E-state index is 0.452. The van der Waals surface area contributed by atoms with Crippen LogP contribution in [0.15, 0.2) is 54.6 Å². The molecule has 0 aliphatic rings. The maximum atomic E-state index is 5.15. The predicted molar refractivity (Wildman–Crippen MR) is 80.8 cm³/mol. The first-order chi connectivity index (χ1) is 9.28. The predicted octanol–water partition coefficient (Wildman–Crippen LogP) is 4.13. The molecule has 0 aromatic heterocycles. The zero-order chi connectivity index (χ0) is 13.5. The molecule has 0 saturated carbocycles. The number of benzene rings is 2. The lowest BCUT2D eigenvalue weighted by Gasteiger charge is -2.15. The van der Waals surface area contributed by atoms with Gasteiger partial charge in [0, 0.05) is 11.7 Å².